The van der Waals surface area contributed by atoms with Gasteiger partial charge in [-0.15, -0.1) is 0 Å². The summed E-state index contributed by atoms with van der Waals surface area (Å²) in [7, 11) is 0. The molecule has 16 heteroatoms. The molecule has 18 aromatic carbocycles. The minimum atomic E-state index is -0.833. The number of benzene rings is 20. The summed E-state index contributed by atoms with van der Waals surface area (Å²) < 4.78 is 4.75. The van der Waals surface area contributed by atoms with Gasteiger partial charge in [0, 0.05) is 107 Å². The van der Waals surface area contributed by atoms with Crippen LogP contribution in [0.2, 0.25) is 0 Å². The first kappa shape index (κ1) is 74.8. The zero-order valence-corrected chi connectivity index (χ0v) is 61.1. The molecule has 0 atom stereocenters. The van der Waals surface area contributed by atoms with E-state index in [4.69, 9.17) is 29.8 Å². The van der Waals surface area contributed by atoms with Gasteiger partial charge in [0.2, 0.25) is 21.7 Å². The van der Waals surface area contributed by atoms with Gasteiger partial charge in [0.25, 0.3) is 11.9 Å². The summed E-state index contributed by atoms with van der Waals surface area (Å²) in [5.41, 5.74) is 7.62. The molecule has 16 nitrogen and oxygen atoms in total. The molecular formula is C97H70N6O10. The van der Waals surface area contributed by atoms with E-state index in [0.717, 1.165) is 109 Å². The molecule has 0 unspecified atom stereocenters. The number of aromatic nitrogens is 4. The Hall–Kier alpha value is -15.1. The summed E-state index contributed by atoms with van der Waals surface area (Å²) in [6.07, 6.45) is 0.867. The largest absolute Gasteiger partial charge is 0.481 e. The highest BCUT2D eigenvalue weighted by atomic mass is 16.4. The van der Waals surface area contributed by atoms with Crippen LogP contribution in [0, 0.1) is 0 Å². The molecule has 0 amide bonds. The molecule has 2 aliphatic rings. The molecule has 0 spiro atoms. The van der Waals surface area contributed by atoms with Gasteiger partial charge in [0.1, 0.15) is 17.9 Å². The Labute approximate surface area is 643 Å². The zero-order chi connectivity index (χ0) is 75.4. The summed E-state index contributed by atoms with van der Waals surface area (Å²) in [5, 5.41) is 37.8. The number of carbonyl (C=O) groups excluding carboxylic acids is 1. The fraction of sp³-hybridized carbons (Fsp3) is 0.0206. The molecule has 0 aliphatic heterocycles. The number of hydrogen-bond acceptors (Lipinski definition) is 11. The number of aldehydes is 1. The maximum Gasteiger partial charge on any atom is 0.300 e. The average molecular weight is 1480 g/mol. The van der Waals surface area contributed by atoms with Crippen molar-refractivity contribution in [1.29, 1.82) is 0 Å². The maximum atomic E-state index is 12.1. The number of para-hydroxylation sites is 2. The van der Waals surface area contributed by atoms with E-state index in [1.807, 2.05) is 42.5 Å². The Kier molecular flexibility index (Phi) is 20.4. The van der Waals surface area contributed by atoms with Gasteiger partial charge < -0.3 is 28.0 Å². The number of carbonyl (C=O) groups is 3. The number of carboxylic acids is 2. The van der Waals surface area contributed by atoms with Crippen LogP contribution in [-0.2, 0) is 9.59 Å². The lowest BCUT2D eigenvalue weighted by Crippen LogP contribution is -2.31. The lowest BCUT2D eigenvalue weighted by molar-refractivity contribution is -0.135. The van der Waals surface area contributed by atoms with Crippen molar-refractivity contribution in [3.05, 3.63) is 368 Å². The van der Waals surface area contributed by atoms with Crippen molar-refractivity contribution in [1.82, 2.24) is 31.4 Å². The van der Waals surface area contributed by atoms with Crippen LogP contribution in [0.4, 0.5) is 0 Å². The molecule has 113 heavy (non-hydrogen) atoms. The van der Waals surface area contributed by atoms with Crippen LogP contribution in [0.15, 0.2) is 341 Å². The van der Waals surface area contributed by atoms with Crippen molar-refractivity contribution in [2.24, 2.45) is 0 Å². The molecule has 0 saturated heterocycles. The van der Waals surface area contributed by atoms with Crippen LogP contribution in [0.3, 0.4) is 0 Å². The number of fused-ring (bicyclic) bond motifs is 9. The zero-order valence-electron chi connectivity index (χ0n) is 61.1. The van der Waals surface area contributed by atoms with Crippen LogP contribution in [-0.4, -0.2) is 53.0 Å². The lowest BCUT2D eigenvalue weighted by Gasteiger charge is -2.17. The second-order valence-electron chi connectivity index (χ2n) is 26.9. The minimum Gasteiger partial charge on any atom is -0.481 e. The van der Waals surface area contributed by atoms with E-state index in [2.05, 4.69) is 252 Å². The van der Waals surface area contributed by atoms with Crippen LogP contribution >= 0.6 is 0 Å². The van der Waals surface area contributed by atoms with E-state index < -0.39 is 33.7 Å². The van der Waals surface area contributed by atoms with Crippen LogP contribution in [0.1, 0.15) is 24.2 Å². The third kappa shape index (κ3) is 13.0. The Morgan fingerprint density at radius 2 is 0.575 bits per heavy atom. The SMILES string of the molecule is CC(=O)O.CC(=O)O.N.N.O.O=Cc1ccc2ccccc2c1.O=c1c(=O)c2cccc3c2-c2c1cccc2c(=O)c3=O.c1cc2ccc3cccc4ccc(c1)c2c34.c1ccc(-n2c(-c3cccc4ccccc34)nc3c4cccc5c4c4c(cccc4c32)c2nc(-c3cccc4ccccc34)n(-c3ccccc3)c52)cc1. The number of aliphatic carboxylic acids is 2. The van der Waals surface area contributed by atoms with Gasteiger partial charge >= 0.3 is 0 Å². The lowest BCUT2D eigenvalue weighted by atomic mass is 9.87. The normalized spacial score (nSPS) is 11.0. The number of imidazole rings is 2. The van der Waals surface area contributed by atoms with Crippen LogP contribution < -0.4 is 34.0 Å². The number of carboxylic acid groups (broad SMARTS) is 2. The molecule has 22 rings (SSSR count). The van der Waals surface area contributed by atoms with Crippen molar-refractivity contribution < 1.29 is 30.1 Å². The monoisotopic (exact) mass is 1480 g/mol. The van der Waals surface area contributed by atoms with E-state index in [-0.39, 0.29) is 39.3 Å². The molecule has 10 N–H and O–H groups in total. The Morgan fingerprint density at radius 1 is 0.301 bits per heavy atom. The summed E-state index contributed by atoms with van der Waals surface area (Å²) in [4.78, 5) is 88.2. The van der Waals surface area contributed by atoms with E-state index in [9.17, 15) is 24.0 Å². The highest BCUT2D eigenvalue weighted by Gasteiger charge is 2.29. The predicted octanol–water partition coefficient (Wildman–Crippen LogP) is 20.7. The van der Waals surface area contributed by atoms with Crippen LogP contribution in [0.25, 0.3) is 186 Å². The Balaban J connectivity index is 0.000000145. The van der Waals surface area contributed by atoms with E-state index in [0.29, 0.717) is 11.1 Å². The van der Waals surface area contributed by atoms with Crippen molar-refractivity contribution in [3.8, 4) is 45.3 Å². The van der Waals surface area contributed by atoms with Gasteiger partial charge in [0.05, 0.1) is 22.1 Å². The standard InChI is InChI=1S/C50H30N4.C16H6O4.C16H10.C11H8O.2C2H4O2.2H3N.H2O/c1-3-19-33(20-4-1)53-47-41-29-13-28-40-43(41)44-39(45(47)51-49(53)37-25-11-17-31-15-7-9-23-35(31)37)27-14-30-42(44)48-46(40)52-50(54(48)34-21-5-2-6-22-34)38-26-12-18-32-16-8-10-24-36(32)38;17-13-7-3-1-4-8-11(7)12-9(15(13)19)5-2-6-10(12)16(20)14(8)18;1-3-11-7-9-13-5-2-6-14-10-8-12(4-1)15(11)16(13)14;12-8-9-5-6-10-3-1-2-4-11(10)7-9;2*1-2(3)4;;;/h1-30H;1-6H;1-10H;1-8H;2*1H3,(H,3,4);2*1H3;1H2. The molecular weight excluding hydrogens is 1410 g/mol. The first-order valence-electron chi connectivity index (χ1n) is 35.7. The smallest absolute Gasteiger partial charge is 0.300 e. The topological polar surface area (TPSA) is 297 Å². The molecule has 0 saturated carbocycles. The molecule has 548 valence electrons. The van der Waals surface area contributed by atoms with Crippen molar-refractivity contribution >= 4 is 159 Å². The van der Waals surface area contributed by atoms with Crippen molar-refractivity contribution in [2.75, 3.05) is 0 Å². The van der Waals surface area contributed by atoms with E-state index >= 15 is 0 Å². The second kappa shape index (κ2) is 30.9. The van der Waals surface area contributed by atoms with Crippen molar-refractivity contribution in [3.63, 3.8) is 0 Å². The fourth-order valence-corrected chi connectivity index (χ4v) is 15.8. The molecule has 0 radical (unpaired) electrons. The predicted molar refractivity (Wildman–Crippen MR) is 462 cm³/mol. The molecule has 0 fully saturated rings. The van der Waals surface area contributed by atoms with Crippen LogP contribution in [0.5, 0.6) is 0 Å². The highest BCUT2D eigenvalue weighted by Crippen LogP contribution is 2.49. The fourth-order valence-electron chi connectivity index (χ4n) is 15.8. The second-order valence-corrected chi connectivity index (χ2v) is 26.9. The third-order valence-electron chi connectivity index (χ3n) is 20.3. The van der Waals surface area contributed by atoms with Gasteiger partial charge in [-0.25, -0.2) is 9.97 Å². The quantitative estimate of drug-likeness (QED) is 0.0709. The molecule has 2 aliphatic carbocycles. The minimum absolute atomic E-state index is 0. The summed E-state index contributed by atoms with van der Waals surface area (Å²) in [5.74, 6) is 0.194. The summed E-state index contributed by atoms with van der Waals surface area (Å²) >= 11 is 0. The van der Waals surface area contributed by atoms with Gasteiger partial charge in [-0.05, 0) is 95.0 Å². The first-order valence-corrected chi connectivity index (χ1v) is 35.7. The number of nitrogens with zero attached hydrogens (tertiary/aromatic N) is 4. The van der Waals surface area contributed by atoms with E-state index in [1.54, 1.807) is 0 Å². The molecule has 2 aromatic heterocycles. The molecule has 20 aromatic rings. The van der Waals surface area contributed by atoms with Gasteiger partial charge in [-0.2, -0.15) is 0 Å². The maximum absolute atomic E-state index is 12.1. The number of rotatable bonds is 5. The number of hydrogen-bond donors (Lipinski definition) is 4. The van der Waals surface area contributed by atoms with Gasteiger partial charge in [0.15, 0.2) is 0 Å². The summed E-state index contributed by atoms with van der Waals surface area (Å²) in [6.45, 7) is 2.17. The Morgan fingerprint density at radius 3 is 0.947 bits per heavy atom. The van der Waals surface area contributed by atoms with E-state index in [1.165, 1.54) is 106 Å². The summed E-state index contributed by atoms with van der Waals surface area (Å²) in [6, 6.07) is 110. The third-order valence-corrected chi connectivity index (χ3v) is 20.3. The van der Waals surface area contributed by atoms with Crippen molar-refractivity contribution in [2.45, 2.75) is 13.8 Å². The van der Waals surface area contributed by atoms with Gasteiger partial charge in [-0.3, -0.25) is 42.7 Å². The molecule has 2 heterocycles. The Bertz CT molecular complexity index is 7010. The average Bonchev–Trinajstić information content (AvgIpc) is 1.55. The first-order chi connectivity index (χ1) is 53.7. The highest BCUT2D eigenvalue weighted by molar-refractivity contribution is 6.39. The van der Waals surface area contributed by atoms with Gasteiger partial charge in [-0.1, -0.05) is 291 Å². The molecule has 0 bridgehead atoms.